The number of rotatable bonds is 11. The van der Waals surface area contributed by atoms with E-state index in [9.17, 15) is 4.79 Å². The van der Waals surface area contributed by atoms with E-state index < -0.39 is 0 Å². The van der Waals surface area contributed by atoms with Crippen molar-refractivity contribution in [1.82, 2.24) is 15.6 Å². The van der Waals surface area contributed by atoms with Crippen LogP contribution in [-0.4, -0.2) is 41.3 Å². The molecule has 0 atom stereocenters. The number of nitrogens with one attached hydrogen (secondary N) is 1. The molecule has 0 spiro atoms. The number of aromatic nitrogens is 2. The summed E-state index contributed by atoms with van der Waals surface area (Å²) in [6, 6.07) is 13.5. The maximum absolute atomic E-state index is 12.1. The van der Waals surface area contributed by atoms with E-state index in [-0.39, 0.29) is 11.7 Å². The van der Waals surface area contributed by atoms with E-state index >= 15 is 0 Å². The molecule has 0 aliphatic carbocycles. The normalized spacial score (nSPS) is 11.0. The molecule has 0 bridgehead atoms. The number of carbonyl (C=O) groups excluding carboxylic acids is 1. The fourth-order valence-corrected chi connectivity index (χ4v) is 4.80. The number of thioether (sulfide) groups is 1. The zero-order valence-electron chi connectivity index (χ0n) is 17.7. The molecule has 0 aliphatic rings. The first-order chi connectivity index (χ1) is 15.6. The molecule has 0 radical (unpaired) electrons. The summed E-state index contributed by atoms with van der Waals surface area (Å²) < 4.78 is 13.0. The number of benzene rings is 2. The van der Waals surface area contributed by atoms with Crippen LogP contribution in [0.5, 0.6) is 11.5 Å². The van der Waals surface area contributed by atoms with Crippen LogP contribution in [0.25, 0.3) is 10.6 Å². The molecular formula is C22H23BrN4O3S2. The van der Waals surface area contributed by atoms with Gasteiger partial charge in [0.2, 0.25) is 0 Å². The fourth-order valence-electron chi connectivity index (χ4n) is 2.57. The zero-order chi connectivity index (χ0) is 22.8. The molecule has 32 heavy (non-hydrogen) atoms. The van der Waals surface area contributed by atoms with E-state index in [1.807, 2.05) is 56.3 Å². The van der Waals surface area contributed by atoms with Crippen molar-refractivity contribution in [1.29, 1.82) is 0 Å². The average molecular weight is 535 g/mol. The molecule has 10 heteroatoms. The third kappa shape index (κ3) is 7.04. The summed E-state index contributed by atoms with van der Waals surface area (Å²) in [6.07, 6.45) is 2.47. The number of nitrogens with zero attached hydrogens (tertiary/aromatic N) is 3. The second-order valence-electron chi connectivity index (χ2n) is 6.43. The Balaban J connectivity index is 1.54. The number of hydrogen-bond acceptors (Lipinski definition) is 8. The van der Waals surface area contributed by atoms with Crippen LogP contribution in [0.15, 0.2) is 56.4 Å². The largest absolute Gasteiger partial charge is 0.490 e. The van der Waals surface area contributed by atoms with Crippen LogP contribution in [0.2, 0.25) is 0 Å². The Morgan fingerprint density at radius 3 is 2.78 bits per heavy atom. The molecule has 0 saturated carbocycles. The van der Waals surface area contributed by atoms with Gasteiger partial charge in [0.1, 0.15) is 5.01 Å². The highest BCUT2D eigenvalue weighted by molar-refractivity contribution is 9.10. The Kier molecular flexibility index (Phi) is 9.51. The van der Waals surface area contributed by atoms with E-state index in [0.29, 0.717) is 24.7 Å². The van der Waals surface area contributed by atoms with Crippen LogP contribution >= 0.6 is 39.0 Å². The van der Waals surface area contributed by atoms with Crippen LogP contribution in [-0.2, 0) is 4.79 Å². The van der Waals surface area contributed by atoms with Crippen molar-refractivity contribution < 1.29 is 14.3 Å². The Morgan fingerprint density at radius 1 is 1.22 bits per heavy atom. The third-order valence-electron chi connectivity index (χ3n) is 3.94. The van der Waals surface area contributed by atoms with Gasteiger partial charge in [0.15, 0.2) is 15.8 Å². The molecule has 0 fully saturated rings. The molecule has 7 nitrogen and oxygen atoms in total. The molecule has 1 heterocycles. The first-order valence-electron chi connectivity index (χ1n) is 10.0. The van der Waals surface area contributed by atoms with Crippen LogP contribution in [0.1, 0.15) is 25.8 Å². The van der Waals surface area contributed by atoms with Gasteiger partial charge in [-0.25, -0.2) is 5.43 Å². The topological polar surface area (TPSA) is 85.7 Å². The third-order valence-corrected chi connectivity index (χ3v) is 6.63. The second-order valence-corrected chi connectivity index (χ2v) is 9.49. The van der Waals surface area contributed by atoms with Gasteiger partial charge in [-0.1, -0.05) is 60.4 Å². The number of amides is 1. The molecule has 1 aromatic heterocycles. The average Bonchev–Trinajstić information content (AvgIpc) is 3.27. The number of ether oxygens (including phenoxy) is 2. The lowest BCUT2D eigenvalue weighted by atomic mass is 10.2. The van der Waals surface area contributed by atoms with Crippen molar-refractivity contribution in [3.8, 4) is 22.1 Å². The van der Waals surface area contributed by atoms with Gasteiger partial charge in [-0.3, -0.25) is 4.79 Å². The molecule has 3 rings (SSSR count). The Bertz CT molecular complexity index is 1060. The van der Waals surface area contributed by atoms with Crippen molar-refractivity contribution in [3.05, 3.63) is 52.5 Å². The minimum Gasteiger partial charge on any atom is -0.490 e. The van der Waals surface area contributed by atoms with Crippen LogP contribution in [0, 0.1) is 0 Å². The van der Waals surface area contributed by atoms with E-state index in [0.717, 1.165) is 31.4 Å². The van der Waals surface area contributed by atoms with Gasteiger partial charge in [-0.15, -0.1) is 10.2 Å². The van der Waals surface area contributed by atoms with Gasteiger partial charge in [0.05, 0.1) is 29.7 Å². The first kappa shape index (κ1) is 24.2. The van der Waals surface area contributed by atoms with E-state index in [1.54, 1.807) is 6.21 Å². The summed E-state index contributed by atoms with van der Waals surface area (Å²) in [4.78, 5) is 12.1. The number of hydrazone groups is 1. The van der Waals surface area contributed by atoms with Gasteiger partial charge in [0.25, 0.3) is 5.91 Å². The van der Waals surface area contributed by atoms with Gasteiger partial charge in [0, 0.05) is 5.56 Å². The monoisotopic (exact) mass is 534 g/mol. The molecule has 3 aromatic rings. The van der Waals surface area contributed by atoms with E-state index in [1.165, 1.54) is 23.1 Å². The SMILES string of the molecule is CCCOc1c(Br)cc(C=NNC(=O)CSc2nnc(-c3ccccc3)s2)cc1OCC. The van der Waals surface area contributed by atoms with Gasteiger partial charge >= 0.3 is 0 Å². The summed E-state index contributed by atoms with van der Waals surface area (Å²) in [7, 11) is 0. The molecule has 1 amide bonds. The standard InChI is InChI=1S/C22H23BrN4O3S2/c1-3-10-30-20-17(23)11-15(12-18(20)29-4-2)13-24-25-19(28)14-31-22-27-26-21(32-22)16-8-6-5-7-9-16/h5-9,11-13H,3-4,10,14H2,1-2H3,(H,25,28). The van der Waals surface area contributed by atoms with Gasteiger partial charge < -0.3 is 9.47 Å². The summed E-state index contributed by atoms with van der Waals surface area (Å²) >= 11 is 6.30. The lowest BCUT2D eigenvalue weighted by Crippen LogP contribution is -2.19. The van der Waals surface area contributed by atoms with Crippen molar-refractivity contribution >= 4 is 51.2 Å². The number of halogens is 1. The maximum atomic E-state index is 12.1. The highest BCUT2D eigenvalue weighted by Gasteiger charge is 2.12. The van der Waals surface area contributed by atoms with Gasteiger partial charge in [-0.2, -0.15) is 5.10 Å². The highest BCUT2D eigenvalue weighted by Crippen LogP contribution is 2.36. The van der Waals surface area contributed by atoms with E-state index in [4.69, 9.17) is 9.47 Å². The molecular weight excluding hydrogens is 512 g/mol. The molecule has 0 saturated heterocycles. The number of hydrogen-bond donors (Lipinski definition) is 1. The van der Waals surface area contributed by atoms with Crippen molar-refractivity contribution in [2.75, 3.05) is 19.0 Å². The predicted octanol–water partition coefficient (Wildman–Crippen LogP) is 5.40. The molecule has 2 aromatic carbocycles. The second kappa shape index (κ2) is 12.6. The van der Waals surface area contributed by atoms with Crippen LogP contribution < -0.4 is 14.9 Å². The maximum Gasteiger partial charge on any atom is 0.250 e. The molecule has 168 valence electrons. The molecule has 0 aliphatic heterocycles. The molecule has 1 N–H and O–H groups in total. The van der Waals surface area contributed by atoms with Crippen LogP contribution in [0.4, 0.5) is 0 Å². The summed E-state index contributed by atoms with van der Waals surface area (Å²) in [5, 5.41) is 13.2. The minimum atomic E-state index is -0.227. The predicted molar refractivity (Wildman–Crippen MR) is 133 cm³/mol. The minimum absolute atomic E-state index is 0.193. The lowest BCUT2D eigenvalue weighted by Gasteiger charge is -2.14. The van der Waals surface area contributed by atoms with Crippen molar-refractivity contribution in [2.45, 2.75) is 24.6 Å². The zero-order valence-corrected chi connectivity index (χ0v) is 20.9. The summed E-state index contributed by atoms with van der Waals surface area (Å²) in [6.45, 7) is 5.07. The Morgan fingerprint density at radius 2 is 2.03 bits per heavy atom. The quantitative estimate of drug-likeness (QED) is 0.201. The first-order valence-corrected chi connectivity index (χ1v) is 12.6. The Labute approximate surface area is 203 Å². The van der Waals surface area contributed by atoms with Gasteiger partial charge in [-0.05, 0) is 47.0 Å². The summed E-state index contributed by atoms with van der Waals surface area (Å²) in [5.74, 6) is 1.26. The highest BCUT2D eigenvalue weighted by atomic mass is 79.9. The van der Waals surface area contributed by atoms with Crippen molar-refractivity contribution in [3.63, 3.8) is 0 Å². The lowest BCUT2D eigenvalue weighted by molar-refractivity contribution is -0.118. The summed E-state index contributed by atoms with van der Waals surface area (Å²) in [5.41, 5.74) is 4.32. The van der Waals surface area contributed by atoms with Crippen molar-refractivity contribution in [2.24, 2.45) is 5.10 Å². The fraction of sp³-hybridized carbons (Fsp3) is 0.273. The number of carbonyl (C=O) groups is 1. The smallest absolute Gasteiger partial charge is 0.250 e. The van der Waals surface area contributed by atoms with E-state index in [2.05, 4.69) is 36.7 Å². The molecule has 0 unspecified atom stereocenters. The Hall–Kier alpha value is -2.43. The van der Waals surface area contributed by atoms with Crippen LogP contribution in [0.3, 0.4) is 0 Å².